The fourth-order valence-electron chi connectivity index (χ4n) is 3.55. The molecule has 1 atom stereocenters. The maximum Gasteiger partial charge on any atom is 0.339 e. The van der Waals surface area contributed by atoms with E-state index in [4.69, 9.17) is 4.74 Å². The number of likely N-dealkylation sites (tertiary alicyclic amines) is 1. The number of carbonyl (C=O) groups excluding carboxylic acids is 2. The number of esters is 1. The van der Waals surface area contributed by atoms with Crippen molar-refractivity contribution in [2.45, 2.75) is 23.3 Å². The number of thioether (sulfide) groups is 1. The van der Waals surface area contributed by atoms with Gasteiger partial charge in [-0.3, -0.25) is 9.78 Å². The molecular formula is C19H18N2O3S. The highest BCUT2D eigenvalue weighted by Crippen LogP contribution is 2.42. The molecule has 1 amide bonds. The molecule has 0 radical (unpaired) electrons. The van der Waals surface area contributed by atoms with E-state index in [2.05, 4.69) is 4.98 Å². The molecule has 1 aromatic carbocycles. The molecule has 0 aliphatic carbocycles. The van der Waals surface area contributed by atoms with E-state index in [1.807, 2.05) is 35.2 Å². The normalized spacial score (nSPS) is 21.9. The van der Waals surface area contributed by atoms with Gasteiger partial charge in [-0.05, 0) is 31.0 Å². The zero-order valence-corrected chi connectivity index (χ0v) is 14.5. The van der Waals surface area contributed by atoms with Crippen molar-refractivity contribution in [3.05, 3.63) is 59.9 Å². The zero-order chi connectivity index (χ0) is 17.3. The number of aromatic nitrogens is 1. The number of piperidine rings is 1. The van der Waals surface area contributed by atoms with Crippen LogP contribution < -0.4 is 0 Å². The van der Waals surface area contributed by atoms with Gasteiger partial charge in [-0.15, -0.1) is 11.8 Å². The molecule has 1 saturated heterocycles. The largest absolute Gasteiger partial charge is 0.449 e. The minimum atomic E-state index is -0.678. The zero-order valence-electron chi connectivity index (χ0n) is 13.7. The van der Waals surface area contributed by atoms with Crippen molar-refractivity contribution in [2.75, 3.05) is 18.8 Å². The Labute approximate surface area is 150 Å². The Bertz CT molecular complexity index is 811. The number of hydrogen-bond acceptors (Lipinski definition) is 5. The Morgan fingerprint density at radius 2 is 2.04 bits per heavy atom. The molecule has 6 heteroatoms. The summed E-state index contributed by atoms with van der Waals surface area (Å²) >= 11 is 1.50. The molecule has 1 aromatic heterocycles. The Balaban J connectivity index is 1.48. The molecule has 2 aromatic rings. The number of carbonyl (C=O) groups is 2. The van der Waals surface area contributed by atoms with Crippen LogP contribution in [0.25, 0.3) is 0 Å². The van der Waals surface area contributed by atoms with E-state index in [-0.39, 0.29) is 11.9 Å². The van der Waals surface area contributed by atoms with Gasteiger partial charge in [-0.1, -0.05) is 18.2 Å². The van der Waals surface area contributed by atoms with Crippen LogP contribution in [-0.4, -0.2) is 40.6 Å². The fraction of sp³-hybridized carbons (Fsp3) is 0.316. The van der Waals surface area contributed by atoms with Crippen molar-refractivity contribution < 1.29 is 14.3 Å². The molecule has 2 aliphatic rings. The molecule has 0 saturated carbocycles. The standard InChI is InChI=1S/C19H18N2O3S/c22-17(12-25-14-6-9-20-10-7-14)21-11-3-8-19(13-21)16-5-2-1-4-15(16)18(23)24-19/h1-2,4-7,9-10H,3,8,11-13H2. The van der Waals surface area contributed by atoms with Crippen LogP contribution in [0.5, 0.6) is 0 Å². The monoisotopic (exact) mass is 354 g/mol. The van der Waals surface area contributed by atoms with Gasteiger partial charge in [0.05, 0.1) is 17.9 Å². The van der Waals surface area contributed by atoms with E-state index in [1.54, 1.807) is 18.5 Å². The smallest absolute Gasteiger partial charge is 0.339 e. The van der Waals surface area contributed by atoms with Gasteiger partial charge in [0, 0.05) is 29.4 Å². The number of nitrogens with zero attached hydrogens (tertiary/aromatic N) is 2. The average molecular weight is 354 g/mol. The van der Waals surface area contributed by atoms with Gasteiger partial charge < -0.3 is 9.64 Å². The third kappa shape index (κ3) is 3.02. The summed E-state index contributed by atoms with van der Waals surface area (Å²) in [6, 6.07) is 11.3. The molecular weight excluding hydrogens is 336 g/mol. The highest BCUT2D eigenvalue weighted by atomic mass is 32.2. The van der Waals surface area contributed by atoms with Gasteiger partial charge >= 0.3 is 5.97 Å². The summed E-state index contributed by atoms with van der Waals surface area (Å²) in [5.41, 5.74) is 0.866. The van der Waals surface area contributed by atoms with Crippen molar-refractivity contribution in [1.82, 2.24) is 9.88 Å². The first-order valence-corrected chi connectivity index (χ1v) is 9.30. The maximum absolute atomic E-state index is 12.7. The summed E-state index contributed by atoms with van der Waals surface area (Å²) in [7, 11) is 0. The Hall–Kier alpha value is -2.34. The molecule has 1 unspecified atom stereocenters. The van der Waals surface area contributed by atoms with Crippen LogP contribution >= 0.6 is 11.8 Å². The van der Waals surface area contributed by atoms with Crippen LogP contribution in [-0.2, 0) is 15.1 Å². The highest BCUT2D eigenvalue weighted by molar-refractivity contribution is 8.00. The van der Waals surface area contributed by atoms with E-state index in [0.717, 1.165) is 23.3 Å². The first kappa shape index (κ1) is 16.1. The second-order valence-corrected chi connectivity index (χ2v) is 7.37. The van der Waals surface area contributed by atoms with E-state index >= 15 is 0 Å². The summed E-state index contributed by atoms with van der Waals surface area (Å²) in [6.45, 7) is 1.14. The minimum absolute atomic E-state index is 0.0707. The third-order valence-electron chi connectivity index (χ3n) is 4.75. The van der Waals surface area contributed by atoms with Crippen molar-refractivity contribution in [1.29, 1.82) is 0 Å². The lowest BCUT2D eigenvalue weighted by atomic mass is 9.85. The number of pyridine rings is 1. The minimum Gasteiger partial charge on any atom is -0.449 e. The number of benzene rings is 1. The first-order chi connectivity index (χ1) is 12.2. The Morgan fingerprint density at radius 1 is 1.24 bits per heavy atom. The van der Waals surface area contributed by atoms with Crippen LogP contribution in [0.3, 0.4) is 0 Å². The SMILES string of the molecule is O=C1OC2(CCCN(C(=O)CSc3ccncc3)C2)c2ccccc21. The van der Waals surface area contributed by atoms with E-state index in [9.17, 15) is 9.59 Å². The molecule has 25 heavy (non-hydrogen) atoms. The molecule has 128 valence electrons. The highest BCUT2D eigenvalue weighted by Gasteiger charge is 2.48. The molecule has 3 heterocycles. The molecule has 0 N–H and O–H groups in total. The second-order valence-electron chi connectivity index (χ2n) is 6.32. The number of amides is 1. The number of fused-ring (bicyclic) bond motifs is 2. The Morgan fingerprint density at radius 3 is 2.88 bits per heavy atom. The molecule has 1 fully saturated rings. The number of rotatable bonds is 3. The van der Waals surface area contributed by atoms with Crippen molar-refractivity contribution in [3.8, 4) is 0 Å². The first-order valence-electron chi connectivity index (χ1n) is 8.31. The van der Waals surface area contributed by atoms with Crippen LogP contribution in [0.4, 0.5) is 0 Å². The van der Waals surface area contributed by atoms with Crippen molar-refractivity contribution >= 4 is 23.6 Å². The molecule has 5 nitrogen and oxygen atoms in total. The van der Waals surface area contributed by atoms with Gasteiger partial charge in [-0.25, -0.2) is 4.79 Å². The molecule has 0 bridgehead atoms. The number of hydrogen-bond donors (Lipinski definition) is 0. The van der Waals surface area contributed by atoms with E-state index in [1.165, 1.54) is 11.8 Å². The quantitative estimate of drug-likeness (QED) is 0.627. The summed E-state index contributed by atoms with van der Waals surface area (Å²) < 4.78 is 5.76. The van der Waals surface area contributed by atoms with E-state index in [0.29, 0.717) is 24.4 Å². The summed E-state index contributed by atoms with van der Waals surface area (Å²) in [4.78, 5) is 31.7. The summed E-state index contributed by atoms with van der Waals surface area (Å²) in [5.74, 6) is 0.160. The predicted octanol–water partition coefficient (Wildman–Crippen LogP) is 2.86. The average Bonchev–Trinajstić information content (AvgIpc) is 2.92. The van der Waals surface area contributed by atoms with Crippen LogP contribution in [0.2, 0.25) is 0 Å². The van der Waals surface area contributed by atoms with Gasteiger partial charge in [0.1, 0.15) is 0 Å². The molecule has 2 aliphatic heterocycles. The summed E-state index contributed by atoms with van der Waals surface area (Å²) in [5, 5.41) is 0. The van der Waals surface area contributed by atoms with Gasteiger partial charge in [0.25, 0.3) is 0 Å². The lowest BCUT2D eigenvalue weighted by Crippen LogP contribution is -2.49. The summed E-state index contributed by atoms with van der Waals surface area (Å²) in [6.07, 6.45) is 5.03. The fourth-order valence-corrected chi connectivity index (χ4v) is 4.34. The van der Waals surface area contributed by atoms with E-state index < -0.39 is 5.60 Å². The number of ether oxygens (including phenoxy) is 1. The lowest BCUT2D eigenvalue weighted by molar-refractivity contribution is -0.135. The third-order valence-corrected chi connectivity index (χ3v) is 5.74. The Kier molecular flexibility index (Phi) is 4.21. The topological polar surface area (TPSA) is 59.5 Å². The van der Waals surface area contributed by atoms with Crippen molar-refractivity contribution in [3.63, 3.8) is 0 Å². The van der Waals surface area contributed by atoms with Crippen LogP contribution in [0.1, 0.15) is 28.8 Å². The predicted molar refractivity (Wildman–Crippen MR) is 94.3 cm³/mol. The lowest BCUT2D eigenvalue weighted by Gasteiger charge is -2.39. The van der Waals surface area contributed by atoms with Gasteiger partial charge in [0.15, 0.2) is 5.60 Å². The van der Waals surface area contributed by atoms with Crippen LogP contribution in [0.15, 0.2) is 53.7 Å². The molecule has 1 spiro atoms. The van der Waals surface area contributed by atoms with Gasteiger partial charge in [-0.2, -0.15) is 0 Å². The van der Waals surface area contributed by atoms with Crippen molar-refractivity contribution in [2.24, 2.45) is 0 Å². The maximum atomic E-state index is 12.7. The second kappa shape index (κ2) is 6.52. The molecule has 4 rings (SSSR count). The van der Waals surface area contributed by atoms with Crippen LogP contribution in [0, 0.1) is 0 Å². The van der Waals surface area contributed by atoms with Gasteiger partial charge in [0.2, 0.25) is 5.91 Å².